The molecule has 0 aliphatic rings. The van der Waals surface area contributed by atoms with Crippen LogP contribution in [-0.2, 0) is 24.4 Å². The van der Waals surface area contributed by atoms with Crippen LogP contribution < -0.4 is 5.73 Å². The van der Waals surface area contributed by atoms with Gasteiger partial charge in [0.15, 0.2) is 0 Å². The van der Waals surface area contributed by atoms with Crippen LogP contribution in [0.5, 0.6) is 0 Å². The van der Waals surface area contributed by atoms with E-state index in [4.69, 9.17) is 10.3 Å². The molecule has 74 valence electrons. The predicted octanol–water partition coefficient (Wildman–Crippen LogP) is 0.656. The third-order valence-electron chi connectivity index (χ3n) is 1.33. The van der Waals surface area contributed by atoms with E-state index in [1.165, 1.54) is 0 Å². The van der Waals surface area contributed by atoms with Crippen molar-refractivity contribution >= 4 is 20.2 Å². The van der Waals surface area contributed by atoms with Crippen LogP contribution in [0.15, 0.2) is 0 Å². The molecular formula is C6H15NO3S2. The molecule has 0 aliphatic heterocycles. The molecule has 0 radical (unpaired) electrons. The van der Waals surface area contributed by atoms with Gasteiger partial charge in [-0.3, -0.25) is 8.74 Å². The molecule has 0 aromatic rings. The first-order valence-corrected chi connectivity index (χ1v) is 6.24. The van der Waals surface area contributed by atoms with Gasteiger partial charge in [0.1, 0.15) is 0 Å². The molecule has 3 N–H and O–H groups in total. The Bertz CT molecular complexity index is 191. The highest BCUT2D eigenvalue weighted by Gasteiger charge is 1.98. The molecule has 12 heavy (non-hydrogen) atoms. The Morgan fingerprint density at radius 2 is 1.92 bits per heavy atom. The molecule has 6 heteroatoms. The van der Waals surface area contributed by atoms with E-state index in [0.29, 0.717) is 6.54 Å². The van der Waals surface area contributed by atoms with Crippen molar-refractivity contribution in [1.82, 2.24) is 0 Å². The molecule has 0 saturated carbocycles. The number of hydrogen-bond acceptors (Lipinski definition) is 4. The lowest BCUT2D eigenvalue weighted by Crippen LogP contribution is -2.03. The second-order valence-electron chi connectivity index (χ2n) is 2.45. The zero-order chi connectivity index (χ0) is 9.45. The maximum Gasteiger partial charge on any atom is 0.266 e. The van der Waals surface area contributed by atoms with Crippen LogP contribution in [0.3, 0.4) is 0 Å². The molecule has 1 unspecified atom stereocenters. The summed E-state index contributed by atoms with van der Waals surface area (Å²) >= 11 is 4.13. The Morgan fingerprint density at radius 1 is 1.33 bits per heavy atom. The molecule has 0 bridgehead atoms. The average Bonchev–Trinajstić information content (AvgIpc) is 1.94. The van der Waals surface area contributed by atoms with Gasteiger partial charge in [0.25, 0.3) is 9.05 Å². The number of rotatable bonds is 7. The van der Waals surface area contributed by atoms with Crippen LogP contribution in [0.1, 0.15) is 25.7 Å². The molecule has 0 spiro atoms. The Labute approximate surface area is 78.2 Å². The maximum absolute atomic E-state index is 10.4. The first-order chi connectivity index (χ1) is 5.56. The van der Waals surface area contributed by atoms with E-state index in [-0.39, 0.29) is 6.61 Å². The molecular weight excluding hydrogens is 198 g/mol. The number of nitrogens with two attached hydrogens (primary N) is 1. The first-order valence-electron chi connectivity index (χ1n) is 3.88. The van der Waals surface area contributed by atoms with E-state index in [0.717, 1.165) is 25.7 Å². The molecule has 0 aliphatic carbocycles. The smallest absolute Gasteiger partial charge is 0.266 e. The second-order valence-corrected chi connectivity index (χ2v) is 4.81. The fraction of sp³-hybridized carbons (Fsp3) is 1.00. The molecule has 0 aromatic carbocycles. The van der Waals surface area contributed by atoms with Crippen molar-refractivity contribution < 1.29 is 12.9 Å². The van der Waals surface area contributed by atoms with Gasteiger partial charge in [-0.05, 0) is 19.4 Å². The lowest BCUT2D eigenvalue weighted by atomic mass is 10.2. The summed E-state index contributed by atoms with van der Waals surface area (Å²) in [7, 11) is -3.41. The number of unbranched alkanes of at least 4 members (excludes halogenated alkanes) is 3. The minimum atomic E-state index is -3.41. The largest absolute Gasteiger partial charge is 0.330 e. The second kappa shape index (κ2) is 6.73. The molecule has 0 fully saturated rings. The number of hydrogen-bond donors (Lipinski definition) is 2. The van der Waals surface area contributed by atoms with Gasteiger partial charge in [-0.25, -0.2) is 0 Å². The van der Waals surface area contributed by atoms with Gasteiger partial charge in [0.2, 0.25) is 0 Å². The Hall–Kier alpha value is 0.250. The van der Waals surface area contributed by atoms with Gasteiger partial charge in [-0.1, -0.05) is 12.8 Å². The van der Waals surface area contributed by atoms with E-state index in [2.05, 4.69) is 15.4 Å². The summed E-state index contributed by atoms with van der Waals surface area (Å²) in [4.78, 5) is 0. The third kappa shape index (κ3) is 10.2. The highest BCUT2D eigenvalue weighted by molar-refractivity contribution is 8.27. The van der Waals surface area contributed by atoms with Crippen LogP contribution in [0.2, 0.25) is 0 Å². The molecule has 0 rings (SSSR count). The molecule has 0 heterocycles. The van der Waals surface area contributed by atoms with Gasteiger partial charge < -0.3 is 5.73 Å². The van der Waals surface area contributed by atoms with Gasteiger partial charge >= 0.3 is 0 Å². The van der Waals surface area contributed by atoms with Gasteiger partial charge in [0, 0.05) is 11.2 Å². The highest BCUT2D eigenvalue weighted by atomic mass is 32.9. The van der Waals surface area contributed by atoms with Crippen molar-refractivity contribution in [1.29, 1.82) is 0 Å². The van der Waals surface area contributed by atoms with Crippen LogP contribution in [0.4, 0.5) is 0 Å². The van der Waals surface area contributed by atoms with Crippen molar-refractivity contribution in [3.05, 3.63) is 0 Å². The van der Waals surface area contributed by atoms with Crippen LogP contribution in [-0.4, -0.2) is 21.9 Å². The molecule has 0 aromatic heterocycles. The molecule has 4 nitrogen and oxygen atoms in total. The van der Waals surface area contributed by atoms with Gasteiger partial charge in [-0.2, -0.15) is 4.21 Å². The van der Waals surface area contributed by atoms with Crippen LogP contribution in [0.25, 0.3) is 0 Å². The van der Waals surface area contributed by atoms with Crippen molar-refractivity contribution in [2.75, 3.05) is 13.2 Å². The first kappa shape index (κ1) is 12.2. The third-order valence-corrected chi connectivity index (χ3v) is 2.08. The monoisotopic (exact) mass is 213 g/mol. The fourth-order valence-electron chi connectivity index (χ4n) is 0.764. The summed E-state index contributed by atoms with van der Waals surface area (Å²) in [6.07, 6.45) is 3.74. The van der Waals surface area contributed by atoms with Crippen molar-refractivity contribution in [2.24, 2.45) is 5.73 Å². The molecule has 1 atom stereocenters. The topological polar surface area (TPSA) is 72.5 Å². The normalized spacial score (nSPS) is 15.8. The quantitative estimate of drug-likeness (QED) is 0.608. The van der Waals surface area contributed by atoms with E-state index < -0.39 is 9.05 Å². The summed E-state index contributed by atoms with van der Waals surface area (Å²) in [6, 6.07) is 0. The summed E-state index contributed by atoms with van der Waals surface area (Å²) in [6.45, 7) is 0.946. The minimum Gasteiger partial charge on any atom is -0.330 e. The fourth-order valence-corrected chi connectivity index (χ4v) is 1.30. The Kier molecular flexibility index (Phi) is 6.87. The predicted molar refractivity (Wildman–Crippen MR) is 51.6 cm³/mol. The van der Waals surface area contributed by atoms with Gasteiger partial charge in [0.05, 0.1) is 6.61 Å². The molecule has 0 amide bonds. The summed E-state index contributed by atoms with van der Waals surface area (Å²) in [5.74, 6) is 0. The summed E-state index contributed by atoms with van der Waals surface area (Å²) < 4.78 is 23.4. The zero-order valence-corrected chi connectivity index (χ0v) is 8.53. The summed E-state index contributed by atoms with van der Waals surface area (Å²) in [5, 5.41) is 0. The standard InChI is InChI=1S/C6H15NO3S2/c7-5-3-1-2-4-6-10-12(8,9)11/h1-7H2,(H,8,9,11). The average molecular weight is 213 g/mol. The highest BCUT2D eigenvalue weighted by Crippen LogP contribution is 2.00. The SMILES string of the molecule is NCCCCCCOS(=O)(O)=S. The van der Waals surface area contributed by atoms with Crippen molar-refractivity contribution in [3.8, 4) is 0 Å². The Balaban J connectivity index is 3.12. The summed E-state index contributed by atoms with van der Waals surface area (Å²) in [5.41, 5.74) is 5.28. The molecule has 0 saturated heterocycles. The van der Waals surface area contributed by atoms with Crippen LogP contribution >= 0.6 is 0 Å². The lowest BCUT2D eigenvalue weighted by molar-refractivity contribution is 0.294. The lowest BCUT2D eigenvalue weighted by Gasteiger charge is -2.01. The van der Waals surface area contributed by atoms with E-state index in [1.54, 1.807) is 0 Å². The Morgan fingerprint density at radius 3 is 2.42 bits per heavy atom. The van der Waals surface area contributed by atoms with Gasteiger partial charge in [-0.15, -0.1) is 0 Å². The van der Waals surface area contributed by atoms with E-state index in [9.17, 15) is 4.21 Å². The van der Waals surface area contributed by atoms with Crippen molar-refractivity contribution in [3.63, 3.8) is 0 Å². The van der Waals surface area contributed by atoms with E-state index in [1.807, 2.05) is 0 Å². The van der Waals surface area contributed by atoms with E-state index >= 15 is 0 Å². The zero-order valence-electron chi connectivity index (χ0n) is 6.90. The maximum atomic E-state index is 10.4. The van der Waals surface area contributed by atoms with Crippen LogP contribution in [0, 0.1) is 0 Å². The van der Waals surface area contributed by atoms with Crippen molar-refractivity contribution in [2.45, 2.75) is 25.7 Å². The minimum absolute atomic E-state index is 0.253.